The van der Waals surface area contributed by atoms with Crippen LogP contribution >= 0.6 is 11.3 Å². The zero-order valence-electron chi connectivity index (χ0n) is 12.8. The van der Waals surface area contributed by atoms with E-state index < -0.39 is 5.82 Å². The van der Waals surface area contributed by atoms with Gasteiger partial charge in [0.1, 0.15) is 11.9 Å². The number of piperidine rings is 1. The fourth-order valence-corrected chi connectivity index (χ4v) is 3.23. The monoisotopic (exact) mass is 335 g/mol. The van der Waals surface area contributed by atoms with E-state index in [0.717, 1.165) is 18.6 Å². The molecule has 0 radical (unpaired) electrons. The fraction of sp³-hybridized carbons (Fsp3) is 0.353. The van der Waals surface area contributed by atoms with Crippen molar-refractivity contribution in [1.29, 1.82) is 0 Å². The van der Waals surface area contributed by atoms with E-state index in [9.17, 15) is 9.18 Å². The summed E-state index contributed by atoms with van der Waals surface area (Å²) < 4.78 is 24.5. The summed E-state index contributed by atoms with van der Waals surface area (Å²) in [6.07, 6.45) is 1.68. The minimum atomic E-state index is -0.519. The predicted molar refractivity (Wildman–Crippen MR) is 86.8 cm³/mol. The number of halogens is 1. The molecule has 1 aromatic carbocycles. The van der Waals surface area contributed by atoms with Crippen LogP contribution in [-0.2, 0) is 0 Å². The van der Waals surface area contributed by atoms with E-state index in [4.69, 9.17) is 9.47 Å². The maximum atomic E-state index is 13.7. The normalized spacial score (nSPS) is 15.5. The van der Waals surface area contributed by atoms with Crippen molar-refractivity contribution in [3.05, 3.63) is 46.4 Å². The van der Waals surface area contributed by atoms with Crippen molar-refractivity contribution in [2.45, 2.75) is 18.9 Å². The molecule has 122 valence electrons. The lowest BCUT2D eigenvalue weighted by atomic mass is 10.1. The summed E-state index contributed by atoms with van der Waals surface area (Å²) in [4.78, 5) is 14.2. The number of rotatable bonds is 4. The Hall–Kier alpha value is -2.08. The zero-order chi connectivity index (χ0) is 16.2. The Morgan fingerprint density at radius 3 is 2.70 bits per heavy atom. The molecule has 1 aliphatic heterocycles. The van der Waals surface area contributed by atoms with Crippen LogP contribution in [0.3, 0.4) is 0 Å². The molecule has 0 spiro atoms. The molecule has 0 saturated carbocycles. The standard InChI is InChI=1S/C17H18FNO3S/c1-21-16-3-2-12(10-15(16)18)17(20)19-7-4-13(5-8-19)22-14-6-9-23-11-14/h2-3,6,9-11,13H,4-5,7-8H2,1H3. The van der Waals surface area contributed by atoms with Crippen molar-refractivity contribution < 1.29 is 18.7 Å². The zero-order valence-corrected chi connectivity index (χ0v) is 13.6. The third-order valence-corrected chi connectivity index (χ3v) is 4.59. The first kappa shape index (κ1) is 15.8. The third-order valence-electron chi connectivity index (χ3n) is 3.93. The second-order valence-electron chi connectivity index (χ2n) is 5.42. The van der Waals surface area contributed by atoms with Crippen molar-refractivity contribution in [3.63, 3.8) is 0 Å². The minimum absolute atomic E-state index is 0.126. The lowest BCUT2D eigenvalue weighted by Gasteiger charge is -2.32. The van der Waals surface area contributed by atoms with E-state index in [1.54, 1.807) is 22.3 Å². The first-order chi connectivity index (χ1) is 11.2. The van der Waals surface area contributed by atoms with Crippen LogP contribution in [0.25, 0.3) is 0 Å². The lowest BCUT2D eigenvalue weighted by Crippen LogP contribution is -2.41. The third kappa shape index (κ3) is 3.64. The van der Waals surface area contributed by atoms with Gasteiger partial charge >= 0.3 is 0 Å². The molecule has 1 aliphatic rings. The van der Waals surface area contributed by atoms with Crippen molar-refractivity contribution in [1.82, 2.24) is 4.90 Å². The van der Waals surface area contributed by atoms with Gasteiger partial charge in [0, 0.05) is 36.9 Å². The average Bonchev–Trinajstić information content (AvgIpc) is 3.08. The molecule has 1 saturated heterocycles. The summed E-state index contributed by atoms with van der Waals surface area (Å²) in [5, 5.41) is 3.95. The fourth-order valence-electron chi connectivity index (χ4n) is 2.67. The van der Waals surface area contributed by atoms with Gasteiger partial charge in [-0.25, -0.2) is 4.39 Å². The number of carbonyl (C=O) groups is 1. The Labute approximate surface area is 138 Å². The van der Waals surface area contributed by atoms with Crippen molar-refractivity contribution >= 4 is 17.2 Å². The summed E-state index contributed by atoms with van der Waals surface area (Å²) in [6, 6.07) is 6.25. The molecule has 0 aliphatic carbocycles. The molecule has 4 nitrogen and oxygen atoms in total. The minimum Gasteiger partial charge on any atom is -0.494 e. The van der Waals surface area contributed by atoms with Gasteiger partial charge in [-0.2, -0.15) is 0 Å². The number of methoxy groups -OCH3 is 1. The van der Waals surface area contributed by atoms with Gasteiger partial charge < -0.3 is 14.4 Å². The quantitative estimate of drug-likeness (QED) is 0.857. The second kappa shape index (κ2) is 7.00. The Bertz CT molecular complexity index is 666. The van der Waals surface area contributed by atoms with E-state index in [1.807, 2.05) is 16.8 Å². The topological polar surface area (TPSA) is 38.8 Å². The molecule has 2 aromatic rings. The highest BCUT2D eigenvalue weighted by Crippen LogP contribution is 2.23. The van der Waals surface area contributed by atoms with E-state index in [-0.39, 0.29) is 17.8 Å². The van der Waals surface area contributed by atoms with Crippen LogP contribution in [0.2, 0.25) is 0 Å². The van der Waals surface area contributed by atoms with Crippen LogP contribution in [0.15, 0.2) is 35.0 Å². The molecule has 3 rings (SSSR count). The highest BCUT2D eigenvalue weighted by Gasteiger charge is 2.25. The van der Waals surface area contributed by atoms with E-state index >= 15 is 0 Å². The van der Waals surface area contributed by atoms with Crippen LogP contribution in [0.1, 0.15) is 23.2 Å². The largest absolute Gasteiger partial charge is 0.494 e. The van der Waals surface area contributed by atoms with Crippen molar-refractivity contribution in [2.75, 3.05) is 20.2 Å². The van der Waals surface area contributed by atoms with Gasteiger partial charge in [-0.15, -0.1) is 11.3 Å². The molecular formula is C17H18FNO3S. The predicted octanol–water partition coefficient (Wildman–Crippen LogP) is 3.58. The Morgan fingerprint density at radius 1 is 1.30 bits per heavy atom. The molecule has 1 fully saturated rings. The summed E-state index contributed by atoms with van der Waals surface area (Å²) >= 11 is 1.60. The number of hydrogen-bond acceptors (Lipinski definition) is 4. The molecule has 1 amide bonds. The summed E-state index contributed by atoms with van der Waals surface area (Å²) in [6.45, 7) is 1.22. The maximum Gasteiger partial charge on any atom is 0.253 e. The number of carbonyl (C=O) groups excluding carboxylic acids is 1. The highest BCUT2D eigenvalue weighted by atomic mass is 32.1. The number of hydrogen-bond donors (Lipinski definition) is 0. The Morgan fingerprint density at radius 2 is 2.09 bits per heavy atom. The molecule has 0 atom stereocenters. The van der Waals surface area contributed by atoms with Gasteiger partial charge in [-0.1, -0.05) is 0 Å². The number of likely N-dealkylation sites (tertiary alicyclic amines) is 1. The summed E-state index contributed by atoms with van der Waals surface area (Å²) in [5.41, 5.74) is 0.348. The van der Waals surface area contributed by atoms with Gasteiger partial charge in [-0.05, 0) is 29.6 Å². The van der Waals surface area contributed by atoms with Crippen LogP contribution in [-0.4, -0.2) is 37.1 Å². The summed E-state index contributed by atoms with van der Waals surface area (Å²) in [5.74, 6) is 0.357. The first-order valence-corrected chi connectivity index (χ1v) is 8.43. The molecular weight excluding hydrogens is 317 g/mol. The van der Waals surface area contributed by atoms with Gasteiger partial charge in [-0.3, -0.25) is 4.79 Å². The molecule has 0 unspecified atom stereocenters. The molecule has 0 N–H and O–H groups in total. The van der Waals surface area contributed by atoms with E-state index in [1.165, 1.54) is 19.2 Å². The molecule has 23 heavy (non-hydrogen) atoms. The smallest absolute Gasteiger partial charge is 0.253 e. The summed E-state index contributed by atoms with van der Waals surface area (Å²) in [7, 11) is 1.40. The second-order valence-corrected chi connectivity index (χ2v) is 6.20. The van der Waals surface area contributed by atoms with Crippen molar-refractivity contribution in [2.24, 2.45) is 0 Å². The molecule has 1 aromatic heterocycles. The average molecular weight is 335 g/mol. The highest BCUT2D eigenvalue weighted by molar-refractivity contribution is 7.08. The van der Waals surface area contributed by atoms with Crippen LogP contribution < -0.4 is 9.47 Å². The number of nitrogens with zero attached hydrogens (tertiary/aromatic N) is 1. The lowest BCUT2D eigenvalue weighted by molar-refractivity contribution is 0.0596. The van der Waals surface area contributed by atoms with Crippen molar-refractivity contribution in [3.8, 4) is 11.5 Å². The molecule has 2 heterocycles. The SMILES string of the molecule is COc1ccc(C(=O)N2CCC(Oc3ccsc3)CC2)cc1F. The van der Waals surface area contributed by atoms with Gasteiger partial charge in [0.25, 0.3) is 5.91 Å². The van der Waals surface area contributed by atoms with Gasteiger partial charge in [0.05, 0.1) is 7.11 Å². The van der Waals surface area contributed by atoms with E-state index in [2.05, 4.69) is 0 Å². The van der Waals surface area contributed by atoms with Crippen LogP contribution in [0, 0.1) is 5.82 Å². The number of thiophene rings is 1. The van der Waals surface area contributed by atoms with Gasteiger partial charge in [0.15, 0.2) is 11.6 Å². The molecule has 6 heteroatoms. The van der Waals surface area contributed by atoms with Crippen LogP contribution in [0.5, 0.6) is 11.5 Å². The van der Waals surface area contributed by atoms with E-state index in [0.29, 0.717) is 18.7 Å². The number of ether oxygens (including phenoxy) is 2. The number of benzene rings is 1. The Kier molecular flexibility index (Phi) is 4.81. The van der Waals surface area contributed by atoms with Gasteiger partial charge in [0.2, 0.25) is 0 Å². The molecule has 0 bridgehead atoms. The van der Waals surface area contributed by atoms with Crippen LogP contribution in [0.4, 0.5) is 4.39 Å². The Balaban J connectivity index is 1.58. The first-order valence-electron chi connectivity index (χ1n) is 7.49. The number of amides is 1. The maximum absolute atomic E-state index is 13.7.